The van der Waals surface area contributed by atoms with Crippen molar-refractivity contribution in [1.82, 2.24) is 0 Å². The van der Waals surface area contributed by atoms with Gasteiger partial charge in [0, 0.05) is 11.6 Å². The van der Waals surface area contributed by atoms with Crippen molar-refractivity contribution in [2.75, 3.05) is 0 Å². The lowest BCUT2D eigenvalue weighted by molar-refractivity contribution is -0.662. The second-order valence-corrected chi connectivity index (χ2v) is 4.43. The summed E-state index contributed by atoms with van der Waals surface area (Å²) < 4.78 is 7.16. The number of carbonyl (C=O) groups is 1. The summed E-state index contributed by atoms with van der Waals surface area (Å²) in [6, 6.07) is 16.2. The summed E-state index contributed by atoms with van der Waals surface area (Å²) in [5.41, 5.74) is 2.76. The largest absolute Gasteiger partial charge is 0.404 e. The van der Waals surface area contributed by atoms with Crippen molar-refractivity contribution in [2.24, 2.45) is 0 Å². The normalized spacial score (nSPS) is 10.3. The lowest BCUT2D eigenvalue weighted by atomic mass is 10.1. The van der Waals surface area contributed by atoms with Crippen LogP contribution in [0.3, 0.4) is 0 Å². The number of aromatic nitrogens is 1. The van der Waals surface area contributed by atoms with Crippen molar-refractivity contribution >= 4 is 16.9 Å². The zero-order chi connectivity index (χ0) is 13.9. The highest BCUT2D eigenvalue weighted by Gasteiger charge is 2.17. The van der Waals surface area contributed by atoms with Crippen LogP contribution in [0, 0.1) is 11.3 Å². The van der Waals surface area contributed by atoms with E-state index in [2.05, 4.69) is 0 Å². The van der Waals surface area contributed by atoms with Crippen LogP contribution in [0.5, 0.6) is 0 Å². The van der Waals surface area contributed by atoms with Gasteiger partial charge in [0.2, 0.25) is 17.9 Å². The molecule has 0 unspecified atom stereocenters. The highest BCUT2D eigenvalue weighted by molar-refractivity contribution is 5.95. The standard InChI is InChI=1S/C16H11N2O2/c17-9-12-5-7-13(8-6-12)15(19)10-18-11-20-16-4-2-1-3-14(16)18/h1-8,11H,10H2/q+1. The molecule has 2 aromatic carbocycles. The molecule has 0 bridgehead atoms. The molecule has 0 aliphatic rings. The second-order valence-electron chi connectivity index (χ2n) is 4.43. The summed E-state index contributed by atoms with van der Waals surface area (Å²) in [6.07, 6.45) is 1.55. The Labute approximate surface area is 115 Å². The molecule has 4 heteroatoms. The Morgan fingerprint density at radius 1 is 1.15 bits per heavy atom. The van der Waals surface area contributed by atoms with Gasteiger partial charge in [-0.3, -0.25) is 4.79 Å². The molecule has 0 spiro atoms. The monoisotopic (exact) mass is 263 g/mol. The zero-order valence-corrected chi connectivity index (χ0v) is 10.6. The molecule has 3 aromatic rings. The Hall–Kier alpha value is -2.93. The first-order valence-corrected chi connectivity index (χ1v) is 6.17. The Bertz CT molecular complexity index is 810. The molecule has 0 aliphatic heterocycles. The van der Waals surface area contributed by atoms with E-state index in [9.17, 15) is 4.79 Å². The maximum Gasteiger partial charge on any atom is 0.335 e. The van der Waals surface area contributed by atoms with Gasteiger partial charge < -0.3 is 4.42 Å². The fourth-order valence-corrected chi connectivity index (χ4v) is 2.07. The number of rotatable bonds is 3. The maximum atomic E-state index is 12.2. The predicted molar refractivity (Wildman–Crippen MR) is 71.9 cm³/mol. The van der Waals surface area contributed by atoms with Gasteiger partial charge in [-0.1, -0.05) is 12.1 Å². The number of nitriles is 1. The van der Waals surface area contributed by atoms with Crippen LogP contribution in [0.25, 0.3) is 11.1 Å². The smallest absolute Gasteiger partial charge is 0.335 e. The molecule has 20 heavy (non-hydrogen) atoms. The first-order valence-electron chi connectivity index (χ1n) is 6.17. The molecule has 0 amide bonds. The highest BCUT2D eigenvalue weighted by atomic mass is 16.3. The van der Waals surface area contributed by atoms with Gasteiger partial charge in [-0.2, -0.15) is 9.83 Å². The Morgan fingerprint density at radius 2 is 1.90 bits per heavy atom. The van der Waals surface area contributed by atoms with Crippen LogP contribution in [0.15, 0.2) is 59.3 Å². The molecule has 96 valence electrons. The van der Waals surface area contributed by atoms with E-state index < -0.39 is 0 Å². The van der Waals surface area contributed by atoms with Gasteiger partial charge in [-0.05, 0) is 30.3 Å². The van der Waals surface area contributed by atoms with Gasteiger partial charge >= 0.3 is 6.39 Å². The summed E-state index contributed by atoms with van der Waals surface area (Å²) in [7, 11) is 0. The second kappa shape index (κ2) is 4.98. The molecule has 1 aromatic heterocycles. The van der Waals surface area contributed by atoms with Crippen molar-refractivity contribution in [3.8, 4) is 6.07 Å². The number of para-hydroxylation sites is 2. The van der Waals surface area contributed by atoms with Crippen LogP contribution in [0.1, 0.15) is 15.9 Å². The van der Waals surface area contributed by atoms with Crippen molar-refractivity contribution in [2.45, 2.75) is 6.54 Å². The van der Waals surface area contributed by atoms with Gasteiger partial charge in [0.25, 0.3) is 5.52 Å². The number of hydrogen-bond acceptors (Lipinski definition) is 3. The summed E-state index contributed by atoms with van der Waals surface area (Å²) in [6.45, 7) is 0.211. The van der Waals surface area contributed by atoms with E-state index in [1.165, 1.54) is 0 Å². The lowest BCUT2D eigenvalue weighted by Crippen LogP contribution is -2.36. The van der Waals surface area contributed by atoms with Crippen molar-refractivity contribution in [3.05, 3.63) is 66.1 Å². The highest BCUT2D eigenvalue weighted by Crippen LogP contribution is 2.10. The number of ketones is 1. The van der Waals surface area contributed by atoms with Gasteiger partial charge in [-0.25, -0.2) is 0 Å². The van der Waals surface area contributed by atoms with Crippen molar-refractivity contribution in [3.63, 3.8) is 0 Å². The van der Waals surface area contributed by atoms with Crippen LogP contribution >= 0.6 is 0 Å². The van der Waals surface area contributed by atoms with Crippen LogP contribution in [-0.2, 0) is 6.54 Å². The lowest BCUT2D eigenvalue weighted by Gasteiger charge is -1.97. The molecule has 0 radical (unpaired) electrons. The first kappa shape index (κ1) is 12.1. The molecular weight excluding hydrogens is 252 g/mol. The number of oxazole rings is 1. The van der Waals surface area contributed by atoms with E-state index in [4.69, 9.17) is 9.68 Å². The molecular formula is C16H11N2O2+. The fourth-order valence-electron chi connectivity index (χ4n) is 2.07. The predicted octanol–water partition coefficient (Wildman–Crippen LogP) is 2.47. The third-order valence-corrected chi connectivity index (χ3v) is 3.13. The van der Waals surface area contributed by atoms with E-state index in [-0.39, 0.29) is 12.3 Å². The molecule has 4 nitrogen and oxygen atoms in total. The maximum absolute atomic E-state index is 12.2. The first-order chi connectivity index (χ1) is 9.78. The van der Waals surface area contributed by atoms with Gasteiger partial charge in [0.1, 0.15) is 0 Å². The molecule has 1 heterocycles. The van der Waals surface area contributed by atoms with Gasteiger partial charge in [-0.15, -0.1) is 0 Å². The van der Waals surface area contributed by atoms with Crippen molar-refractivity contribution in [1.29, 1.82) is 5.26 Å². The van der Waals surface area contributed by atoms with Crippen LogP contribution in [-0.4, -0.2) is 5.78 Å². The number of carbonyl (C=O) groups excluding carboxylic acids is 1. The molecule has 0 saturated carbocycles. The van der Waals surface area contributed by atoms with E-state index >= 15 is 0 Å². The summed E-state index contributed by atoms with van der Waals surface area (Å²) in [5.74, 6) is -0.0222. The topological polar surface area (TPSA) is 57.9 Å². The quantitative estimate of drug-likeness (QED) is 0.538. The van der Waals surface area contributed by atoms with Crippen molar-refractivity contribution < 1.29 is 13.8 Å². The minimum Gasteiger partial charge on any atom is -0.404 e. The number of fused-ring (bicyclic) bond motifs is 1. The zero-order valence-electron chi connectivity index (χ0n) is 10.6. The number of hydrogen-bond donors (Lipinski definition) is 0. The van der Waals surface area contributed by atoms with E-state index in [0.717, 1.165) is 11.1 Å². The molecule has 0 atom stereocenters. The van der Waals surface area contributed by atoms with E-state index in [1.807, 2.05) is 30.3 Å². The molecule has 0 saturated heterocycles. The van der Waals surface area contributed by atoms with E-state index in [1.54, 1.807) is 35.2 Å². The average molecular weight is 263 g/mol. The SMILES string of the molecule is N#Cc1ccc(C(=O)C[n+]2coc3ccccc32)cc1. The van der Waals surface area contributed by atoms with Crippen LogP contribution in [0.4, 0.5) is 0 Å². The van der Waals surface area contributed by atoms with Crippen LogP contribution in [0.2, 0.25) is 0 Å². The van der Waals surface area contributed by atoms with E-state index in [0.29, 0.717) is 11.1 Å². The number of benzene rings is 2. The average Bonchev–Trinajstić information content (AvgIpc) is 2.91. The molecule has 3 rings (SSSR count). The Morgan fingerprint density at radius 3 is 2.65 bits per heavy atom. The summed E-state index contributed by atoms with van der Waals surface area (Å²) >= 11 is 0. The third-order valence-electron chi connectivity index (χ3n) is 3.13. The Kier molecular flexibility index (Phi) is 3.02. The van der Waals surface area contributed by atoms with Gasteiger partial charge in [0.05, 0.1) is 11.6 Å². The summed E-state index contributed by atoms with van der Waals surface area (Å²) in [5, 5.41) is 8.74. The number of Topliss-reactive ketones (excluding diaryl/α,β-unsaturated/α-hetero) is 1. The molecule has 0 N–H and O–H groups in total. The molecule has 0 fully saturated rings. The fraction of sp³-hybridized carbons (Fsp3) is 0.0625. The molecule has 0 aliphatic carbocycles. The van der Waals surface area contributed by atoms with Gasteiger partial charge in [0.15, 0.2) is 0 Å². The minimum absolute atomic E-state index is 0.0222. The number of nitrogens with zero attached hydrogens (tertiary/aromatic N) is 2. The summed E-state index contributed by atoms with van der Waals surface area (Å²) in [4.78, 5) is 12.2. The minimum atomic E-state index is -0.0222. The Balaban J connectivity index is 1.87. The van der Waals surface area contributed by atoms with Crippen LogP contribution < -0.4 is 4.57 Å². The third kappa shape index (κ3) is 2.17.